The second kappa shape index (κ2) is 5.95. The lowest BCUT2D eigenvalue weighted by Crippen LogP contribution is -2.33. The molecule has 0 spiro atoms. The van der Waals surface area contributed by atoms with Crippen molar-refractivity contribution < 1.29 is 31.2 Å². The van der Waals surface area contributed by atoms with Gasteiger partial charge in [-0.1, -0.05) is 0 Å². The molecule has 1 fully saturated rings. The van der Waals surface area contributed by atoms with E-state index in [4.69, 9.17) is 4.84 Å². The first-order chi connectivity index (χ1) is 11.6. The number of sulfone groups is 1. The molecule has 1 amide bonds. The SMILES string of the molecule is Cc1cc(C(F)(F)F)n2nc(C(=O)N3CCS(=O)(=O)CCO3)cc2n1. The molecule has 25 heavy (non-hydrogen) atoms. The smallest absolute Gasteiger partial charge is 0.270 e. The number of halogens is 3. The third-order valence-corrected chi connectivity index (χ3v) is 5.13. The van der Waals surface area contributed by atoms with Crippen LogP contribution in [0.5, 0.6) is 0 Å². The highest BCUT2D eigenvalue weighted by molar-refractivity contribution is 7.91. The van der Waals surface area contributed by atoms with Gasteiger partial charge in [0.05, 0.1) is 24.7 Å². The van der Waals surface area contributed by atoms with Gasteiger partial charge in [0, 0.05) is 11.8 Å². The first-order valence-corrected chi connectivity index (χ1v) is 8.99. The van der Waals surface area contributed by atoms with E-state index in [-0.39, 0.29) is 41.7 Å². The molecule has 1 aliphatic rings. The number of fused-ring (bicyclic) bond motifs is 1. The largest absolute Gasteiger partial charge is 0.433 e. The highest BCUT2D eigenvalue weighted by Crippen LogP contribution is 2.30. The molecule has 0 radical (unpaired) electrons. The molecule has 1 saturated heterocycles. The van der Waals surface area contributed by atoms with Crippen molar-refractivity contribution in [2.24, 2.45) is 0 Å². The van der Waals surface area contributed by atoms with Gasteiger partial charge in [-0.05, 0) is 13.0 Å². The van der Waals surface area contributed by atoms with Crippen molar-refractivity contribution in [2.75, 3.05) is 24.7 Å². The lowest BCUT2D eigenvalue weighted by molar-refractivity contribution is -0.142. The van der Waals surface area contributed by atoms with Crippen LogP contribution in [0.25, 0.3) is 5.65 Å². The van der Waals surface area contributed by atoms with E-state index in [9.17, 15) is 26.4 Å². The summed E-state index contributed by atoms with van der Waals surface area (Å²) in [6.45, 7) is 0.951. The molecule has 2 aromatic rings. The Bertz CT molecular complexity index is 939. The molecule has 136 valence electrons. The van der Waals surface area contributed by atoms with E-state index in [0.717, 1.165) is 17.2 Å². The molecule has 0 aliphatic carbocycles. The predicted molar refractivity (Wildman–Crippen MR) is 78.4 cm³/mol. The average molecular weight is 378 g/mol. The van der Waals surface area contributed by atoms with E-state index in [1.165, 1.54) is 6.92 Å². The summed E-state index contributed by atoms with van der Waals surface area (Å²) in [5.41, 5.74) is -1.40. The van der Waals surface area contributed by atoms with Crippen LogP contribution in [0, 0.1) is 6.92 Å². The Hall–Kier alpha value is -2.21. The lowest BCUT2D eigenvalue weighted by Gasteiger charge is -2.17. The predicted octanol–water partition coefficient (Wildman–Crippen LogP) is 0.859. The number of nitrogens with zero attached hydrogens (tertiary/aromatic N) is 4. The minimum Gasteiger partial charge on any atom is -0.270 e. The van der Waals surface area contributed by atoms with Crippen LogP contribution in [0.2, 0.25) is 0 Å². The van der Waals surface area contributed by atoms with Crippen molar-refractivity contribution >= 4 is 21.4 Å². The number of aryl methyl sites for hydroxylation is 1. The van der Waals surface area contributed by atoms with Gasteiger partial charge in [-0.3, -0.25) is 9.63 Å². The van der Waals surface area contributed by atoms with Crippen LogP contribution in [0.4, 0.5) is 13.2 Å². The fraction of sp³-hybridized carbons (Fsp3) is 0.462. The summed E-state index contributed by atoms with van der Waals surface area (Å²) in [6, 6.07) is 1.93. The van der Waals surface area contributed by atoms with Crippen molar-refractivity contribution in [3.63, 3.8) is 0 Å². The fourth-order valence-electron chi connectivity index (χ4n) is 2.36. The van der Waals surface area contributed by atoms with Gasteiger partial charge < -0.3 is 0 Å². The third kappa shape index (κ3) is 3.58. The zero-order chi connectivity index (χ0) is 18.4. The molecule has 0 atom stereocenters. The number of rotatable bonds is 1. The standard InChI is InChI=1S/C13H13F3N4O4S/c1-8-6-10(13(14,15)16)20-11(17-8)7-9(18-20)12(21)19-2-4-25(22,23)5-3-24-19/h6-7H,2-5H2,1H3. The van der Waals surface area contributed by atoms with E-state index in [1.807, 2.05) is 0 Å². The minimum absolute atomic E-state index is 0.121. The number of aromatic nitrogens is 3. The summed E-state index contributed by atoms with van der Waals surface area (Å²) in [5, 5.41) is 4.47. The molecule has 2 aromatic heterocycles. The zero-order valence-electron chi connectivity index (χ0n) is 12.9. The lowest BCUT2D eigenvalue weighted by atomic mass is 10.3. The van der Waals surface area contributed by atoms with Gasteiger partial charge in [0.25, 0.3) is 5.91 Å². The van der Waals surface area contributed by atoms with E-state index in [2.05, 4.69) is 10.1 Å². The van der Waals surface area contributed by atoms with Crippen molar-refractivity contribution in [2.45, 2.75) is 13.1 Å². The number of carbonyl (C=O) groups is 1. The van der Waals surface area contributed by atoms with Crippen LogP contribution in [-0.2, 0) is 20.9 Å². The van der Waals surface area contributed by atoms with E-state index in [1.54, 1.807) is 0 Å². The van der Waals surface area contributed by atoms with Gasteiger partial charge >= 0.3 is 6.18 Å². The van der Waals surface area contributed by atoms with Crippen molar-refractivity contribution in [1.82, 2.24) is 19.7 Å². The van der Waals surface area contributed by atoms with Gasteiger partial charge in [-0.15, -0.1) is 0 Å². The summed E-state index contributed by atoms with van der Waals surface area (Å²) in [7, 11) is -3.33. The van der Waals surface area contributed by atoms with E-state index < -0.39 is 27.6 Å². The van der Waals surface area contributed by atoms with Crippen LogP contribution < -0.4 is 0 Å². The van der Waals surface area contributed by atoms with Crippen LogP contribution >= 0.6 is 0 Å². The van der Waals surface area contributed by atoms with Crippen molar-refractivity contribution in [3.05, 3.63) is 29.2 Å². The van der Waals surface area contributed by atoms with Crippen LogP contribution in [0.3, 0.4) is 0 Å². The molecule has 0 unspecified atom stereocenters. The number of carbonyl (C=O) groups excluding carboxylic acids is 1. The summed E-state index contributed by atoms with van der Waals surface area (Å²) in [4.78, 5) is 21.4. The monoisotopic (exact) mass is 378 g/mol. The van der Waals surface area contributed by atoms with Crippen molar-refractivity contribution in [1.29, 1.82) is 0 Å². The van der Waals surface area contributed by atoms with Gasteiger partial charge in [0.2, 0.25) is 0 Å². The number of amides is 1. The quantitative estimate of drug-likeness (QED) is 0.731. The molecule has 1 aliphatic heterocycles. The molecule has 0 bridgehead atoms. The summed E-state index contributed by atoms with van der Waals surface area (Å²) in [5.74, 6) is -1.36. The maximum absolute atomic E-state index is 13.1. The Balaban J connectivity index is 1.98. The summed E-state index contributed by atoms with van der Waals surface area (Å²) >= 11 is 0. The van der Waals surface area contributed by atoms with Gasteiger partial charge in [0.1, 0.15) is 5.69 Å². The second-order valence-electron chi connectivity index (χ2n) is 5.47. The Morgan fingerprint density at radius 2 is 2.00 bits per heavy atom. The first-order valence-electron chi connectivity index (χ1n) is 7.17. The molecule has 8 nitrogen and oxygen atoms in total. The van der Waals surface area contributed by atoms with Crippen LogP contribution in [0.15, 0.2) is 12.1 Å². The number of hydrogen-bond acceptors (Lipinski definition) is 6. The number of hydrogen-bond donors (Lipinski definition) is 0. The molecule has 0 saturated carbocycles. The molecule has 3 heterocycles. The first kappa shape index (κ1) is 17.6. The van der Waals surface area contributed by atoms with Gasteiger partial charge in [-0.25, -0.2) is 23.0 Å². The fourth-order valence-corrected chi connectivity index (χ4v) is 3.33. The molecule has 0 N–H and O–H groups in total. The average Bonchev–Trinajstić information content (AvgIpc) is 2.82. The van der Waals surface area contributed by atoms with Crippen molar-refractivity contribution in [3.8, 4) is 0 Å². The van der Waals surface area contributed by atoms with Crippen LogP contribution in [0.1, 0.15) is 21.9 Å². The minimum atomic E-state index is -4.68. The van der Waals surface area contributed by atoms with E-state index >= 15 is 0 Å². The van der Waals surface area contributed by atoms with E-state index in [0.29, 0.717) is 4.52 Å². The molecular weight excluding hydrogens is 365 g/mol. The summed E-state index contributed by atoms with van der Waals surface area (Å²) < 4.78 is 63.0. The maximum atomic E-state index is 13.1. The third-order valence-electron chi connectivity index (χ3n) is 3.54. The molecule has 3 rings (SSSR count). The summed E-state index contributed by atoms with van der Waals surface area (Å²) in [6.07, 6.45) is -4.68. The maximum Gasteiger partial charge on any atom is 0.433 e. The Morgan fingerprint density at radius 1 is 1.28 bits per heavy atom. The Morgan fingerprint density at radius 3 is 2.68 bits per heavy atom. The number of alkyl halides is 3. The second-order valence-corrected chi connectivity index (χ2v) is 7.78. The van der Waals surface area contributed by atoms with Gasteiger partial charge in [0.15, 0.2) is 21.2 Å². The number of hydroxylamine groups is 2. The molecule has 0 aromatic carbocycles. The highest BCUT2D eigenvalue weighted by atomic mass is 32.2. The molecule has 12 heteroatoms. The molecular formula is C13H13F3N4O4S. The normalized spacial score (nSPS) is 18.3. The zero-order valence-corrected chi connectivity index (χ0v) is 13.8. The Labute approximate surface area is 140 Å². The Kier molecular flexibility index (Phi) is 4.19. The van der Waals surface area contributed by atoms with Crippen LogP contribution in [-0.4, -0.2) is 58.6 Å². The highest BCUT2D eigenvalue weighted by Gasteiger charge is 2.35. The van der Waals surface area contributed by atoms with Gasteiger partial charge in [-0.2, -0.15) is 18.3 Å². The topological polar surface area (TPSA) is 93.9 Å².